The molecule has 2 aromatic carbocycles. The van der Waals surface area contributed by atoms with Crippen LogP contribution in [0.25, 0.3) is 22.3 Å². The van der Waals surface area contributed by atoms with Crippen LogP contribution in [-0.2, 0) is 10.9 Å². The molecule has 0 fully saturated rings. The number of ether oxygens (including phenoxy) is 1. The van der Waals surface area contributed by atoms with E-state index in [0.717, 1.165) is 11.0 Å². The molecule has 38 heavy (non-hydrogen) atoms. The zero-order chi connectivity index (χ0) is 27.0. The summed E-state index contributed by atoms with van der Waals surface area (Å²) in [5.74, 6) is -1.03. The molecule has 1 amide bonds. The van der Waals surface area contributed by atoms with Crippen molar-refractivity contribution in [1.82, 2.24) is 29.8 Å². The molecule has 0 saturated heterocycles. The Morgan fingerprint density at radius 2 is 1.92 bits per heavy atom. The molecule has 3 heterocycles. The molecule has 0 aliphatic heterocycles. The topological polar surface area (TPSA) is 120 Å². The van der Waals surface area contributed by atoms with Gasteiger partial charge in [0.1, 0.15) is 11.4 Å². The van der Waals surface area contributed by atoms with Gasteiger partial charge >= 0.3 is 6.18 Å². The van der Waals surface area contributed by atoms with Crippen LogP contribution in [-0.4, -0.2) is 47.9 Å². The number of fused-ring (bicyclic) bond motifs is 1. The first-order valence-corrected chi connectivity index (χ1v) is 11.3. The monoisotopic (exact) mass is 543 g/mol. The molecule has 0 aliphatic rings. The van der Waals surface area contributed by atoms with Gasteiger partial charge < -0.3 is 15.2 Å². The predicted octanol–water partition coefficient (Wildman–Crippen LogP) is 4.56. The van der Waals surface area contributed by atoms with E-state index in [1.54, 1.807) is 24.3 Å². The molecule has 5 rings (SSSR count). The van der Waals surface area contributed by atoms with E-state index in [1.807, 2.05) is 0 Å². The van der Waals surface area contributed by atoms with E-state index in [1.165, 1.54) is 43.8 Å². The minimum absolute atomic E-state index is 0.0897. The number of halogens is 4. The van der Waals surface area contributed by atoms with Gasteiger partial charge in [-0.3, -0.25) is 9.78 Å². The van der Waals surface area contributed by atoms with Gasteiger partial charge in [0.15, 0.2) is 5.69 Å². The number of aliphatic hydroxyl groups is 1. The zero-order valence-corrected chi connectivity index (χ0v) is 20.1. The van der Waals surface area contributed by atoms with Crippen molar-refractivity contribution in [3.8, 4) is 11.4 Å². The number of aromatic nitrogens is 6. The summed E-state index contributed by atoms with van der Waals surface area (Å²) >= 11 is 6.31. The number of benzene rings is 2. The second-order valence-corrected chi connectivity index (χ2v) is 8.34. The Hall–Kier alpha value is -4.33. The molecule has 2 N–H and O–H groups in total. The Morgan fingerprint density at radius 3 is 2.66 bits per heavy atom. The molecule has 0 bridgehead atoms. The second-order valence-electron chi connectivity index (χ2n) is 7.93. The summed E-state index contributed by atoms with van der Waals surface area (Å²) < 4.78 is 48.0. The highest BCUT2D eigenvalue weighted by molar-refractivity contribution is 6.32. The molecular weight excluding hydrogens is 527 g/mol. The summed E-state index contributed by atoms with van der Waals surface area (Å²) in [5.41, 5.74) is -0.746. The lowest BCUT2D eigenvalue weighted by molar-refractivity contribution is -0.143. The van der Waals surface area contributed by atoms with Crippen LogP contribution >= 0.6 is 11.6 Å². The zero-order valence-electron chi connectivity index (χ0n) is 19.4. The SMILES string of the molecule is COC(O)c1cnn(-c2ccc(NC(=O)c3cnn(-c4cccc5ncccc45)c3C(F)(F)F)cc2Cl)n1. The number of carbonyl (C=O) groups is 1. The second kappa shape index (κ2) is 9.85. The summed E-state index contributed by atoms with van der Waals surface area (Å²) in [6.07, 6.45) is -2.51. The van der Waals surface area contributed by atoms with Gasteiger partial charge in [0.05, 0.1) is 34.2 Å². The molecule has 10 nitrogen and oxygen atoms in total. The highest BCUT2D eigenvalue weighted by Crippen LogP contribution is 2.35. The van der Waals surface area contributed by atoms with Crippen LogP contribution in [0.1, 0.15) is 28.0 Å². The van der Waals surface area contributed by atoms with E-state index in [-0.39, 0.29) is 22.1 Å². The lowest BCUT2D eigenvalue weighted by Crippen LogP contribution is -2.21. The molecule has 0 aliphatic carbocycles. The van der Waals surface area contributed by atoms with Gasteiger partial charge in [-0.05, 0) is 42.5 Å². The summed E-state index contributed by atoms with van der Waals surface area (Å²) in [6.45, 7) is 0. The Morgan fingerprint density at radius 1 is 1.11 bits per heavy atom. The standard InChI is InChI=1S/C24H17ClF3N7O3/c1-38-23(37)18-12-31-35(33-18)20-8-7-13(10-16(20)25)32-22(36)15-11-30-34(21(15)24(26,27)28)19-6-2-5-17-14(19)4-3-9-29-17/h2-12,23,37H,1H3,(H,32,36). The van der Waals surface area contributed by atoms with Gasteiger partial charge in [-0.1, -0.05) is 17.7 Å². The fourth-order valence-corrected chi connectivity index (χ4v) is 4.07. The molecule has 0 radical (unpaired) electrons. The number of methoxy groups -OCH3 is 1. The van der Waals surface area contributed by atoms with Crippen molar-refractivity contribution >= 4 is 34.1 Å². The first-order chi connectivity index (χ1) is 18.2. The van der Waals surface area contributed by atoms with E-state index in [4.69, 9.17) is 16.3 Å². The normalized spacial score (nSPS) is 12.6. The van der Waals surface area contributed by atoms with Gasteiger partial charge in [0.2, 0.25) is 6.29 Å². The van der Waals surface area contributed by atoms with Crippen LogP contribution in [0.15, 0.2) is 67.1 Å². The number of amides is 1. The van der Waals surface area contributed by atoms with Gasteiger partial charge in [0, 0.05) is 24.4 Å². The number of aliphatic hydroxyl groups excluding tert-OH is 1. The average Bonchev–Trinajstić information content (AvgIpc) is 3.56. The third kappa shape index (κ3) is 4.69. The fraction of sp³-hybridized carbons (Fsp3) is 0.125. The number of anilines is 1. The molecule has 1 atom stereocenters. The number of alkyl halides is 3. The predicted molar refractivity (Wildman–Crippen MR) is 130 cm³/mol. The highest BCUT2D eigenvalue weighted by atomic mass is 35.5. The van der Waals surface area contributed by atoms with Crippen molar-refractivity contribution < 1.29 is 27.8 Å². The summed E-state index contributed by atoms with van der Waals surface area (Å²) in [4.78, 5) is 18.3. The van der Waals surface area contributed by atoms with Crippen LogP contribution in [0.3, 0.4) is 0 Å². The third-order valence-corrected chi connectivity index (χ3v) is 5.84. The first kappa shape index (κ1) is 25.3. The number of nitrogens with zero attached hydrogens (tertiary/aromatic N) is 6. The number of hydrogen-bond donors (Lipinski definition) is 2. The van der Waals surface area contributed by atoms with Crippen molar-refractivity contribution in [1.29, 1.82) is 0 Å². The molecule has 5 aromatic rings. The van der Waals surface area contributed by atoms with Crippen LogP contribution in [0.2, 0.25) is 5.02 Å². The Balaban J connectivity index is 1.46. The molecule has 194 valence electrons. The maximum Gasteiger partial charge on any atom is 0.434 e. The average molecular weight is 544 g/mol. The summed E-state index contributed by atoms with van der Waals surface area (Å²) in [6, 6.07) is 12.1. The molecule has 14 heteroatoms. The van der Waals surface area contributed by atoms with Crippen LogP contribution in [0.5, 0.6) is 0 Å². The highest BCUT2D eigenvalue weighted by Gasteiger charge is 2.41. The fourth-order valence-electron chi connectivity index (χ4n) is 3.81. The van der Waals surface area contributed by atoms with Crippen molar-refractivity contribution in [2.75, 3.05) is 12.4 Å². The maximum absolute atomic E-state index is 14.2. The van der Waals surface area contributed by atoms with Crippen molar-refractivity contribution in [2.45, 2.75) is 12.5 Å². The maximum atomic E-state index is 14.2. The molecule has 3 aromatic heterocycles. The smallest absolute Gasteiger partial charge is 0.363 e. The lowest BCUT2D eigenvalue weighted by Gasteiger charge is -2.14. The molecule has 1 unspecified atom stereocenters. The van der Waals surface area contributed by atoms with Crippen molar-refractivity contribution in [3.05, 3.63) is 89.1 Å². The van der Waals surface area contributed by atoms with Crippen molar-refractivity contribution in [3.63, 3.8) is 0 Å². The Bertz CT molecular complexity index is 1650. The van der Waals surface area contributed by atoms with E-state index in [2.05, 4.69) is 25.6 Å². The molecule has 0 saturated carbocycles. The van der Waals surface area contributed by atoms with Gasteiger partial charge in [0.25, 0.3) is 5.91 Å². The van der Waals surface area contributed by atoms with Gasteiger partial charge in [-0.2, -0.15) is 23.4 Å². The van der Waals surface area contributed by atoms with E-state index < -0.39 is 29.6 Å². The number of carbonyl (C=O) groups excluding carboxylic acids is 1. The minimum Gasteiger partial charge on any atom is -0.363 e. The van der Waals surface area contributed by atoms with E-state index >= 15 is 0 Å². The van der Waals surface area contributed by atoms with E-state index in [0.29, 0.717) is 21.3 Å². The number of nitrogens with one attached hydrogen (secondary N) is 1. The Kier molecular flexibility index (Phi) is 6.57. The summed E-state index contributed by atoms with van der Waals surface area (Å²) in [5, 5.41) is 24.6. The number of rotatable bonds is 6. The van der Waals surface area contributed by atoms with E-state index in [9.17, 15) is 23.1 Å². The Labute approximate surface area is 217 Å². The number of pyridine rings is 1. The minimum atomic E-state index is -4.90. The number of hydrogen-bond acceptors (Lipinski definition) is 7. The summed E-state index contributed by atoms with van der Waals surface area (Å²) in [7, 11) is 1.29. The largest absolute Gasteiger partial charge is 0.434 e. The van der Waals surface area contributed by atoms with Gasteiger partial charge in [-0.25, -0.2) is 4.68 Å². The van der Waals surface area contributed by atoms with Crippen LogP contribution in [0.4, 0.5) is 18.9 Å². The van der Waals surface area contributed by atoms with Gasteiger partial charge in [-0.15, -0.1) is 9.90 Å². The quantitative estimate of drug-likeness (QED) is 0.301. The van der Waals surface area contributed by atoms with Crippen molar-refractivity contribution in [2.24, 2.45) is 0 Å². The van der Waals surface area contributed by atoms with Crippen LogP contribution in [0, 0.1) is 0 Å². The van der Waals surface area contributed by atoms with Crippen LogP contribution < -0.4 is 5.32 Å². The lowest BCUT2D eigenvalue weighted by atomic mass is 10.1. The molecule has 0 spiro atoms. The third-order valence-electron chi connectivity index (χ3n) is 5.54. The molecular formula is C24H17ClF3N7O3. The first-order valence-electron chi connectivity index (χ1n) is 10.9.